The summed E-state index contributed by atoms with van der Waals surface area (Å²) in [4.78, 5) is 9.32. The van der Waals surface area contributed by atoms with E-state index >= 15 is 0 Å². The Balaban J connectivity index is 0.00000124. The van der Waals surface area contributed by atoms with Gasteiger partial charge in [-0.25, -0.2) is 9.97 Å². The van der Waals surface area contributed by atoms with E-state index in [1.165, 1.54) is 11.1 Å². The maximum absolute atomic E-state index is 6.25. The maximum atomic E-state index is 6.25. The molecule has 3 N–H and O–H groups in total. The van der Waals surface area contributed by atoms with Gasteiger partial charge in [0.1, 0.15) is 17.9 Å². The highest BCUT2D eigenvalue weighted by atomic mass is 16.5. The van der Waals surface area contributed by atoms with Gasteiger partial charge in [0.2, 0.25) is 0 Å². The van der Waals surface area contributed by atoms with Gasteiger partial charge in [-0.15, -0.1) is 0 Å². The van der Waals surface area contributed by atoms with Crippen molar-refractivity contribution in [3.63, 3.8) is 0 Å². The number of fused-ring (bicyclic) bond motifs is 3. The van der Waals surface area contributed by atoms with Gasteiger partial charge in [0, 0.05) is 25.1 Å². The number of para-hydroxylation sites is 1. The van der Waals surface area contributed by atoms with Gasteiger partial charge in [-0.3, -0.25) is 0 Å². The topological polar surface area (TPSA) is 78.0 Å². The molecule has 0 aliphatic carbocycles. The zero-order chi connectivity index (χ0) is 21.5. The molecular weight excluding hydrogens is 374 g/mol. The first-order chi connectivity index (χ1) is 14.7. The van der Waals surface area contributed by atoms with Crippen LogP contribution >= 0.6 is 0 Å². The Bertz CT molecular complexity index is 1100. The van der Waals surface area contributed by atoms with E-state index in [1.54, 1.807) is 0 Å². The number of nitrogens with one attached hydrogen (secondary N) is 1. The van der Waals surface area contributed by atoms with Crippen LogP contribution in [0.5, 0.6) is 0 Å². The highest BCUT2D eigenvalue weighted by Crippen LogP contribution is 2.29. The minimum Gasteiger partial charge on any atom is -0.382 e. The predicted octanol–water partition coefficient (Wildman–Crippen LogP) is 4.50. The summed E-state index contributed by atoms with van der Waals surface area (Å²) in [6, 6.07) is 16.7. The van der Waals surface area contributed by atoms with E-state index < -0.39 is 0 Å². The molecule has 6 heteroatoms. The predicted molar refractivity (Wildman–Crippen MR) is 124 cm³/mol. The summed E-state index contributed by atoms with van der Waals surface area (Å²) in [6.45, 7) is 8.62. The number of hydrogen-bond acceptors (Lipinski definition) is 5. The van der Waals surface area contributed by atoms with Crippen LogP contribution in [-0.4, -0.2) is 28.2 Å². The van der Waals surface area contributed by atoms with Crippen molar-refractivity contribution < 1.29 is 4.74 Å². The van der Waals surface area contributed by atoms with Crippen LogP contribution in [0.2, 0.25) is 0 Å². The Hall–Kier alpha value is -2.96. The van der Waals surface area contributed by atoms with E-state index in [4.69, 9.17) is 15.5 Å². The van der Waals surface area contributed by atoms with E-state index in [0.717, 1.165) is 34.3 Å². The van der Waals surface area contributed by atoms with Gasteiger partial charge in [-0.2, -0.15) is 0 Å². The average molecular weight is 406 g/mol. The largest absolute Gasteiger partial charge is 0.382 e. The fourth-order valence-corrected chi connectivity index (χ4v) is 3.53. The minimum atomic E-state index is 0.441. The van der Waals surface area contributed by atoms with Crippen molar-refractivity contribution >= 4 is 27.8 Å². The lowest BCUT2D eigenvalue weighted by atomic mass is 10.1. The molecule has 0 unspecified atom stereocenters. The Kier molecular flexibility index (Phi) is 7.38. The molecule has 0 fully saturated rings. The maximum Gasteiger partial charge on any atom is 0.152 e. The molecule has 0 aliphatic rings. The van der Waals surface area contributed by atoms with Crippen molar-refractivity contribution in [2.24, 2.45) is 0 Å². The third-order valence-corrected chi connectivity index (χ3v) is 4.87. The molecule has 4 rings (SSSR count). The Morgan fingerprint density at radius 2 is 1.70 bits per heavy atom. The van der Waals surface area contributed by atoms with Crippen LogP contribution in [-0.2, 0) is 24.4 Å². The second-order valence-corrected chi connectivity index (χ2v) is 6.81. The molecule has 0 radical (unpaired) electrons. The normalized spacial score (nSPS) is 10.9. The van der Waals surface area contributed by atoms with Gasteiger partial charge >= 0.3 is 0 Å². The minimum absolute atomic E-state index is 0.441. The highest BCUT2D eigenvalue weighted by molar-refractivity contribution is 6.06. The van der Waals surface area contributed by atoms with E-state index in [9.17, 15) is 0 Å². The Morgan fingerprint density at radius 3 is 2.40 bits per heavy atom. The molecule has 0 saturated heterocycles. The Labute approximate surface area is 178 Å². The van der Waals surface area contributed by atoms with Crippen molar-refractivity contribution in [1.29, 1.82) is 0 Å². The number of nitrogens with zero attached hydrogens (tertiary/aromatic N) is 3. The van der Waals surface area contributed by atoms with Gasteiger partial charge in [-0.1, -0.05) is 56.3 Å². The van der Waals surface area contributed by atoms with Crippen molar-refractivity contribution in [3.05, 3.63) is 65.5 Å². The molecule has 2 aromatic carbocycles. The lowest BCUT2D eigenvalue weighted by Crippen LogP contribution is -2.08. The molecule has 0 amide bonds. The molecule has 2 aromatic heterocycles. The molecular formula is C24H31N5O. The van der Waals surface area contributed by atoms with Crippen molar-refractivity contribution in [3.8, 4) is 0 Å². The summed E-state index contributed by atoms with van der Waals surface area (Å²) in [7, 11) is 1.95. The quantitative estimate of drug-likeness (QED) is 0.473. The number of anilines is 1. The molecule has 158 valence electrons. The number of nitrogen functional groups attached to an aromatic ring is 1. The standard InChI is InChI=1S/C22H25N5O.C2H6/c1-3-28-14-19-26-20-21(17-6-4-5-7-18(17)25-22(20)23)27(19)13-16-10-8-15(9-11-16)12-24-2;1-2/h4-11,24H,3,12-14H2,1-2H3,(H2,23,25);1-2H3. The number of rotatable bonds is 7. The van der Waals surface area contributed by atoms with Crippen LogP contribution < -0.4 is 11.1 Å². The SMILES string of the molecule is CC.CCOCc1nc2c(N)nc3ccccc3c2n1Cc1ccc(CNC)cc1. The van der Waals surface area contributed by atoms with Gasteiger partial charge < -0.3 is 20.4 Å². The first-order valence-electron chi connectivity index (χ1n) is 10.5. The summed E-state index contributed by atoms with van der Waals surface area (Å²) in [5.74, 6) is 1.32. The van der Waals surface area contributed by atoms with Crippen LogP contribution in [0.1, 0.15) is 37.7 Å². The molecule has 0 saturated carbocycles. The molecule has 0 atom stereocenters. The van der Waals surface area contributed by atoms with E-state index in [1.807, 2.05) is 46.0 Å². The number of ether oxygens (including phenoxy) is 1. The van der Waals surface area contributed by atoms with Crippen LogP contribution in [0, 0.1) is 0 Å². The van der Waals surface area contributed by atoms with Crippen LogP contribution in [0.3, 0.4) is 0 Å². The van der Waals surface area contributed by atoms with Gasteiger partial charge in [0.15, 0.2) is 5.82 Å². The molecule has 2 heterocycles. The molecule has 30 heavy (non-hydrogen) atoms. The highest BCUT2D eigenvalue weighted by Gasteiger charge is 2.17. The summed E-state index contributed by atoms with van der Waals surface area (Å²) in [5.41, 5.74) is 11.3. The third kappa shape index (κ3) is 4.45. The molecule has 0 spiro atoms. The fourth-order valence-electron chi connectivity index (χ4n) is 3.53. The average Bonchev–Trinajstić information content (AvgIpc) is 3.14. The monoisotopic (exact) mass is 405 g/mol. The van der Waals surface area contributed by atoms with E-state index in [0.29, 0.717) is 25.6 Å². The van der Waals surface area contributed by atoms with Crippen LogP contribution in [0.25, 0.3) is 21.9 Å². The zero-order valence-corrected chi connectivity index (χ0v) is 18.3. The number of pyridine rings is 1. The first-order valence-corrected chi connectivity index (χ1v) is 10.5. The summed E-state index contributed by atoms with van der Waals surface area (Å²) < 4.78 is 7.88. The smallest absolute Gasteiger partial charge is 0.152 e. The molecule has 0 aliphatic heterocycles. The summed E-state index contributed by atoms with van der Waals surface area (Å²) in [6.07, 6.45) is 0. The second kappa shape index (κ2) is 10.2. The lowest BCUT2D eigenvalue weighted by molar-refractivity contribution is 0.126. The molecule has 0 bridgehead atoms. The summed E-state index contributed by atoms with van der Waals surface area (Å²) in [5, 5.41) is 4.23. The van der Waals surface area contributed by atoms with Gasteiger partial charge in [-0.05, 0) is 31.2 Å². The third-order valence-electron chi connectivity index (χ3n) is 4.87. The van der Waals surface area contributed by atoms with Crippen molar-refractivity contribution in [2.75, 3.05) is 19.4 Å². The Morgan fingerprint density at radius 1 is 1.00 bits per heavy atom. The lowest BCUT2D eigenvalue weighted by Gasteiger charge is -2.12. The number of nitrogens with two attached hydrogens (primary N) is 1. The zero-order valence-electron chi connectivity index (χ0n) is 18.3. The molecule has 6 nitrogen and oxygen atoms in total. The number of hydrogen-bond donors (Lipinski definition) is 2. The summed E-state index contributed by atoms with van der Waals surface area (Å²) >= 11 is 0. The van der Waals surface area contributed by atoms with Gasteiger partial charge in [0.05, 0.1) is 11.0 Å². The van der Waals surface area contributed by atoms with E-state index in [2.05, 4.69) is 45.2 Å². The van der Waals surface area contributed by atoms with E-state index in [-0.39, 0.29) is 0 Å². The number of benzene rings is 2. The second-order valence-electron chi connectivity index (χ2n) is 6.81. The first kappa shape index (κ1) is 21.7. The van der Waals surface area contributed by atoms with Crippen molar-refractivity contribution in [2.45, 2.75) is 40.5 Å². The van der Waals surface area contributed by atoms with Gasteiger partial charge in [0.25, 0.3) is 0 Å². The molecule has 4 aromatic rings. The van der Waals surface area contributed by atoms with Crippen LogP contribution in [0.15, 0.2) is 48.5 Å². The van der Waals surface area contributed by atoms with Crippen molar-refractivity contribution in [1.82, 2.24) is 19.9 Å². The number of imidazole rings is 1. The number of aromatic nitrogens is 3. The van der Waals surface area contributed by atoms with Crippen LogP contribution in [0.4, 0.5) is 5.82 Å². The fraction of sp³-hybridized carbons (Fsp3) is 0.333.